The fourth-order valence-electron chi connectivity index (χ4n) is 2.64. The van der Waals surface area contributed by atoms with Crippen molar-refractivity contribution in [1.82, 2.24) is 25.1 Å². The first-order chi connectivity index (χ1) is 11.6. The number of hydrogen-bond donors (Lipinski definition) is 1. The summed E-state index contributed by atoms with van der Waals surface area (Å²) in [7, 11) is 0. The first kappa shape index (κ1) is 16.1. The van der Waals surface area contributed by atoms with Crippen LogP contribution in [0, 0.1) is 6.92 Å². The molecule has 3 heterocycles. The number of aromatic nitrogens is 4. The lowest BCUT2D eigenvalue weighted by molar-refractivity contribution is 0.0953. The van der Waals surface area contributed by atoms with Crippen molar-refractivity contribution in [2.45, 2.75) is 33.2 Å². The monoisotopic (exact) mass is 323 g/mol. The molecular formula is C18H21N5O. The number of carbonyl (C=O) groups is 1. The molecule has 0 atom stereocenters. The summed E-state index contributed by atoms with van der Waals surface area (Å²) in [4.78, 5) is 21.1. The molecule has 124 valence electrons. The lowest BCUT2D eigenvalue weighted by Crippen LogP contribution is -2.26. The van der Waals surface area contributed by atoms with E-state index in [4.69, 9.17) is 0 Å². The Labute approximate surface area is 140 Å². The smallest absolute Gasteiger partial charge is 0.253 e. The van der Waals surface area contributed by atoms with Crippen molar-refractivity contribution in [3.05, 3.63) is 53.6 Å². The van der Waals surface area contributed by atoms with Crippen molar-refractivity contribution in [3.8, 4) is 0 Å². The van der Waals surface area contributed by atoms with Crippen LogP contribution in [0.2, 0.25) is 0 Å². The molecule has 0 radical (unpaired) electrons. The molecule has 0 saturated heterocycles. The van der Waals surface area contributed by atoms with Gasteiger partial charge in [-0.2, -0.15) is 5.10 Å². The zero-order valence-electron chi connectivity index (χ0n) is 14.2. The fourth-order valence-corrected chi connectivity index (χ4v) is 2.64. The summed E-state index contributed by atoms with van der Waals surface area (Å²) in [5.74, 6) is -0.108. The zero-order valence-corrected chi connectivity index (χ0v) is 14.2. The van der Waals surface area contributed by atoms with E-state index < -0.39 is 0 Å². The second-order valence-electron chi connectivity index (χ2n) is 6.08. The van der Waals surface area contributed by atoms with E-state index in [0.29, 0.717) is 17.8 Å². The van der Waals surface area contributed by atoms with Gasteiger partial charge in [0.1, 0.15) is 0 Å². The number of carbonyl (C=O) groups excluding carboxylic acids is 1. The van der Waals surface area contributed by atoms with Gasteiger partial charge in [0.2, 0.25) is 0 Å². The van der Waals surface area contributed by atoms with Crippen molar-refractivity contribution in [3.63, 3.8) is 0 Å². The number of nitrogens with one attached hydrogen (secondary N) is 1. The average molecular weight is 323 g/mol. The minimum Gasteiger partial charge on any atom is -0.352 e. The van der Waals surface area contributed by atoms with Crippen molar-refractivity contribution < 1.29 is 4.79 Å². The van der Waals surface area contributed by atoms with E-state index in [-0.39, 0.29) is 11.9 Å². The molecular weight excluding hydrogens is 302 g/mol. The Kier molecular flexibility index (Phi) is 4.55. The molecule has 24 heavy (non-hydrogen) atoms. The van der Waals surface area contributed by atoms with Gasteiger partial charge in [0.15, 0.2) is 5.65 Å². The van der Waals surface area contributed by atoms with E-state index in [1.807, 2.05) is 36.0 Å². The lowest BCUT2D eigenvalue weighted by Gasteiger charge is -2.10. The zero-order chi connectivity index (χ0) is 17.1. The van der Waals surface area contributed by atoms with Gasteiger partial charge in [0.05, 0.1) is 17.5 Å². The summed E-state index contributed by atoms with van der Waals surface area (Å²) in [6.45, 7) is 6.53. The number of pyridine rings is 2. The van der Waals surface area contributed by atoms with Crippen molar-refractivity contribution in [1.29, 1.82) is 0 Å². The molecule has 0 fully saturated rings. The van der Waals surface area contributed by atoms with Gasteiger partial charge >= 0.3 is 0 Å². The maximum atomic E-state index is 12.4. The van der Waals surface area contributed by atoms with Gasteiger partial charge in [0, 0.05) is 30.4 Å². The van der Waals surface area contributed by atoms with Crippen LogP contribution < -0.4 is 5.32 Å². The van der Waals surface area contributed by atoms with Crippen molar-refractivity contribution >= 4 is 16.9 Å². The highest BCUT2D eigenvalue weighted by Crippen LogP contribution is 2.19. The average Bonchev–Trinajstić information content (AvgIpc) is 2.98. The van der Waals surface area contributed by atoms with Crippen LogP contribution in [-0.2, 0) is 6.42 Å². The summed E-state index contributed by atoms with van der Waals surface area (Å²) in [6.07, 6.45) is 6.06. The first-order valence-electron chi connectivity index (χ1n) is 8.08. The van der Waals surface area contributed by atoms with E-state index in [1.54, 1.807) is 12.4 Å². The Morgan fingerprint density at radius 1 is 1.33 bits per heavy atom. The minimum absolute atomic E-state index is 0.108. The number of rotatable bonds is 5. The van der Waals surface area contributed by atoms with Crippen LogP contribution in [-0.4, -0.2) is 32.2 Å². The van der Waals surface area contributed by atoms with Gasteiger partial charge < -0.3 is 5.32 Å². The maximum absolute atomic E-state index is 12.4. The van der Waals surface area contributed by atoms with Gasteiger partial charge in [-0.1, -0.05) is 6.07 Å². The highest BCUT2D eigenvalue weighted by atomic mass is 16.1. The van der Waals surface area contributed by atoms with E-state index in [2.05, 4.69) is 34.2 Å². The minimum atomic E-state index is -0.108. The topological polar surface area (TPSA) is 72.7 Å². The predicted octanol–water partition coefficient (Wildman–Crippen LogP) is 2.69. The fraction of sp³-hybridized carbons (Fsp3) is 0.333. The van der Waals surface area contributed by atoms with Gasteiger partial charge in [-0.25, -0.2) is 9.67 Å². The van der Waals surface area contributed by atoms with Crippen LogP contribution in [0.15, 0.2) is 36.8 Å². The molecule has 1 amide bonds. The van der Waals surface area contributed by atoms with Crippen LogP contribution in [0.25, 0.3) is 11.0 Å². The molecule has 0 spiro atoms. The van der Waals surface area contributed by atoms with E-state index >= 15 is 0 Å². The molecule has 0 bridgehead atoms. The van der Waals surface area contributed by atoms with E-state index in [1.165, 1.54) is 0 Å². The Hall–Kier alpha value is -2.76. The van der Waals surface area contributed by atoms with Gasteiger partial charge in [-0.15, -0.1) is 0 Å². The Morgan fingerprint density at radius 3 is 2.88 bits per heavy atom. The van der Waals surface area contributed by atoms with Crippen molar-refractivity contribution in [2.24, 2.45) is 0 Å². The summed E-state index contributed by atoms with van der Waals surface area (Å²) in [6, 6.07) is 5.99. The van der Waals surface area contributed by atoms with Crippen LogP contribution in [0.5, 0.6) is 0 Å². The molecule has 1 N–H and O–H groups in total. The molecule has 0 saturated carbocycles. The highest BCUT2D eigenvalue weighted by molar-refractivity contribution is 5.98. The largest absolute Gasteiger partial charge is 0.352 e. The van der Waals surface area contributed by atoms with Gasteiger partial charge in [0.25, 0.3) is 5.91 Å². The quantitative estimate of drug-likeness (QED) is 0.783. The van der Waals surface area contributed by atoms with Crippen LogP contribution >= 0.6 is 0 Å². The summed E-state index contributed by atoms with van der Waals surface area (Å²) in [5, 5.41) is 8.18. The third-order valence-corrected chi connectivity index (χ3v) is 3.92. The molecule has 0 aliphatic rings. The highest BCUT2D eigenvalue weighted by Gasteiger charge is 2.15. The van der Waals surface area contributed by atoms with Gasteiger partial charge in [-0.05, 0) is 44.9 Å². The molecule has 0 aliphatic heterocycles. The molecule has 3 aromatic rings. The summed E-state index contributed by atoms with van der Waals surface area (Å²) >= 11 is 0. The molecule has 0 aromatic carbocycles. The van der Waals surface area contributed by atoms with Crippen LogP contribution in [0.3, 0.4) is 0 Å². The maximum Gasteiger partial charge on any atom is 0.253 e. The first-order valence-corrected chi connectivity index (χ1v) is 8.08. The number of hydrogen-bond acceptors (Lipinski definition) is 4. The Bertz CT molecular complexity index is 854. The summed E-state index contributed by atoms with van der Waals surface area (Å²) < 4.78 is 1.87. The van der Waals surface area contributed by atoms with Crippen LogP contribution in [0.1, 0.15) is 41.5 Å². The Morgan fingerprint density at radius 2 is 2.17 bits per heavy atom. The lowest BCUT2D eigenvalue weighted by atomic mass is 10.1. The number of nitrogens with zero attached hydrogens (tertiary/aromatic N) is 4. The Balaban J connectivity index is 1.74. The summed E-state index contributed by atoms with van der Waals surface area (Å²) in [5.41, 5.74) is 3.22. The number of fused-ring (bicyclic) bond motifs is 1. The molecule has 0 unspecified atom stereocenters. The normalized spacial score (nSPS) is 11.2. The number of aryl methyl sites for hydroxylation is 1. The van der Waals surface area contributed by atoms with Crippen LogP contribution in [0.4, 0.5) is 0 Å². The predicted molar refractivity (Wildman–Crippen MR) is 92.9 cm³/mol. The molecule has 0 aliphatic carbocycles. The molecule has 6 heteroatoms. The molecule has 3 rings (SSSR count). The van der Waals surface area contributed by atoms with Gasteiger partial charge in [-0.3, -0.25) is 9.78 Å². The van der Waals surface area contributed by atoms with Crippen molar-refractivity contribution in [2.75, 3.05) is 6.54 Å². The second-order valence-corrected chi connectivity index (χ2v) is 6.08. The molecule has 3 aromatic heterocycles. The third-order valence-electron chi connectivity index (χ3n) is 3.92. The van der Waals surface area contributed by atoms with E-state index in [0.717, 1.165) is 23.0 Å². The SMILES string of the molecule is Cc1nc2c(cnn2C(C)C)cc1C(=O)NCCc1cccnc1. The molecule has 6 nitrogen and oxygen atoms in total. The third kappa shape index (κ3) is 3.27. The second kappa shape index (κ2) is 6.78. The van der Waals surface area contributed by atoms with E-state index in [9.17, 15) is 4.79 Å². The number of amides is 1. The standard InChI is InChI=1S/C18H21N5O/c1-12(2)23-17-15(11-21-23)9-16(13(3)22-17)18(24)20-8-6-14-5-4-7-19-10-14/h4-5,7,9-12H,6,8H2,1-3H3,(H,20,24).